The Balaban J connectivity index is 2.08. The van der Waals surface area contributed by atoms with E-state index in [9.17, 15) is 0 Å². The lowest BCUT2D eigenvalue weighted by atomic mass is 10.2. The van der Waals surface area contributed by atoms with E-state index in [1.165, 1.54) is 0 Å². The van der Waals surface area contributed by atoms with Crippen LogP contribution in [0.1, 0.15) is 17.1 Å². The molecule has 1 heterocycles. The third kappa shape index (κ3) is 3.16. The molecule has 0 amide bonds. The molecule has 5 heteroatoms. The lowest BCUT2D eigenvalue weighted by Gasteiger charge is -2.07. The third-order valence-electron chi connectivity index (χ3n) is 2.55. The van der Waals surface area contributed by atoms with Crippen LogP contribution in [0, 0.1) is 6.92 Å². The van der Waals surface area contributed by atoms with Gasteiger partial charge in [-0.3, -0.25) is 0 Å². The Bertz CT molecular complexity index is 552. The monoisotopic (exact) mass is 373 g/mol. The predicted molar refractivity (Wildman–Crippen MR) is 77.5 cm³/mol. The number of hydrogen-bond donors (Lipinski definition) is 1. The fourth-order valence-corrected chi connectivity index (χ4v) is 2.74. The molecule has 0 spiro atoms. The molecule has 0 aliphatic carbocycles. The average molecular weight is 375 g/mol. The van der Waals surface area contributed by atoms with E-state index >= 15 is 0 Å². The van der Waals surface area contributed by atoms with Gasteiger partial charge in [-0.25, -0.2) is 0 Å². The van der Waals surface area contributed by atoms with Crippen molar-refractivity contribution in [2.75, 3.05) is 0 Å². The highest BCUT2D eigenvalue weighted by molar-refractivity contribution is 9.11. The zero-order valence-corrected chi connectivity index (χ0v) is 13.0. The van der Waals surface area contributed by atoms with Gasteiger partial charge < -0.3 is 14.9 Å². The minimum Gasteiger partial charge on any atom is -0.488 e. The van der Waals surface area contributed by atoms with Crippen molar-refractivity contribution in [1.29, 1.82) is 0 Å². The molecule has 18 heavy (non-hydrogen) atoms. The first kappa shape index (κ1) is 13.6. The molecule has 1 aromatic carbocycles. The highest BCUT2D eigenvalue weighted by Crippen LogP contribution is 2.29. The van der Waals surface area contributed by atoms with E-state index in [1.807, 2.05) is 31.2 Å². The van der Waals surface area contributed by atoms with Gasteiger partial charge in [-0.2, -0.15) is 0 Å². The van der Waals surface area contributed by atoms with Gasteiger partial charge in [0.15, 0.2) is 0 Å². The van der Waals surface area contributed by atoms with Crippen molar-refractivity contribution in [2.24, 2.45) is 5.73 Å². The Morgan fingerprint density at radius 1 is 1.28 bits per heavy atom. The Kier molecular flexibility index (Phi) is 4.48. The van der Waals surface area contributed by atoms with Crippen LogP contribution in [0.4, 0.5) is 0 Å². The fraction of sp³-hybridized carbons (Fsp3) is 0.231. The van der Waals surface area contributed by atoms with Crippen LogP contribution in [-0.4, -0.2) is 0 Å². The third-order valence-corrected chi connectivity index (χ3v) is 3.66. The van der Waals surface area contributed by atoms with Crippen molar-refractivity contribution in [3.05, 3.63) is 50.3 Å². The molecule has 0 fully saturated rings. The van der Waals surface area contributed by atoms with E-state index < -0.39 is 0 Å². The number of ether oxygens (including phenoxy) is 1. The molecule has 0 aliphatic heterocycles. The molecule has 0 saturated carbocycles. The summed E-state index contributed by atoms with van der Waals surface area (Å²) in [5, 5.41) is 0. The lowest BCUT2D eigenvalue weighted by Crippen LogP contribution is -1.96. The van der Waals surface area contributed by atoms with Crippen LogP contribution in [-0.2, 0) is 13.2 Å². The summed E-state index contributed by atoms with van der Waals surface area (Å²) in [7, 11) is 0. The number of hydrogen-bond acceptors (Lipinski definition) is 3. The van der Waals surface area contributed by atoms with Crippen LogP contribution in [0.15, 0.2) is 37.6 Å². The number of halogens is 2. The average Bonchev–Trinajstić information content (AvgIpc) is 2.69. The van der Waals surface area contributed by atoms with Gasteiger partial charge in [-0.05, 0) is 47.1 Å². The molecule has 0 aliphatic rings. The second kappa shape index (κ2) is 5.91. The molecule has 3 nitrogen and oxygen atoms in total. The lowest BCUT2D eigenvalue weighted by molar-refractivity contribution is 0.301. The van der Waals surface area contributed by atoms with Crippen LogP contribution < -0.4 is 10.5 Å². The second-order valence-electron chi connectivity index (χ2n) is 3.86. The van der Waals surface area contributed by atoms with E-state index in [1.54, 1.807) is 0 Å². The zero-order chi connectivity index (χ0) is 13.1. The highest BCUT2D eigenvalue weighted by atomic mass is 79.9. The van der Waals surface area contributed by atoms with Crippen LogP contribution >= 0.6 is 31.9 Å². The molecule has 1 aromatic heterocycles. The summed E-state index contributed by atoms with van der Waals surface area (Å²) in [6.45, 7) is 2.78. The molecule has 0 saturated heterocycles. The molecule has 0 unspecified atom stereocenters. The van der Waals surface area contributed by atoms with Gasteiger partial charge in [0.25, 0.3) is 0 Å². The van der Waals surface area contributed by atoms with Gasteiger partial charge in [0, 0.05) is 10.0 Å². The number of benzene rings is 1. The number of furan rings is 1. The smallest absolute Gasteiger partial charge is 0.134 e. The summed E-state index contributed by atoms with van der Waals surface area (Å²) in [6, 6.07) is 7.73. The van der Waals surface area contributed by atoms with E-state index in [2.05, 4.69) is 31.9 Å². The second-order valence-corrected chi connectivity index (χ2v) is 5.63. The summed E-state index contributed by atoms with van der Waals surface area (Å²) in [4.78, 5) is 0. The maximum Gasteiger partial charge on any atom is 0.134 e. The van der Waals surface area contributed by atoms with Crippen molar-refractivity contribution < 1.29 is 9.15 Å². The van der Waals surface area contributed by atoms with Gasteiger partial charge in [-0.1, -0.05) is 15.9 Å². The molecule has 0 bridgehead atoms. The molecule has 0 radical (unpaired) electrons. The van der Waals surface area contributed by atoms with E-state index in [4.69, 9.17) is 14.9 Å². The fourth-order valence-electron chi connectivity index (χ4n) is 1.58. The maximum atomic E-state index is 5.75. The quantitative estimate of drug-likeness (QED) is 0.874. The van der Waals surface area contributed by atoms with Gasteiger partial charge >= 0.3 is 0 Å². The Labute approximate surface area is 123 Å². The Morgan fingerprint density at radius 2 is 2.06 bits per heavy atom. The van der Waals surface area contributed by atoms with Crippen molar-refractivity contribution in [1.82, 2.24) is 0 Å². The number of rotatable bonds is 4. The number of nitrogens with two attached hydrogens (primary N) is 1. The summed E-state index contributed by atoms with van der Waals surface area (Å²) in [5.74, 6) is 2.43. The largest absolute Gasteiger partial charge is 0.488 e. The first-order valence-electron chi connectivity index (χ1n) is 5.46. The highest BCUT2D eigenvalue weighted by Gasteiger charge is 2.08. The predicted octanol–water partition coefficient (Wildman–Crippen LogP) is 4.15. The Hall–Kier alpha value is -0.780. The normalized spacial score (nSPS) is 10.7. The standard InChI is InChI=1S/C13H13Br2NO2/c1-8-9(4-11(6-16)18-8)7-17-13-3-2-10(14)5-12(13)15/h2-5H,6-7,16H2,1H3. The van der Waals surface area contributed by atoms with Crippen LogP contribution in [0.2, 0.25) is 0 Å². The van der Waals surface area contributed by atoms with Crippen LogP contribution in [0.5, 0.6) is 5.75 Å². The molecule has 2 rings (SSSR count). The molecule has 2 aromatic rings. The van der Waals surface area contributed by atoms with Crippen molar-refractivity contribution in [3.8, 4) is 5.75 Å². The van der Waals surface area contributed by atoms with Crippen LogP contribution in [0.3, 0.4) is 0 Å². The van der Waals surface area contributed by atoms with E-state index in [0.29, 0.717) is 13.2 Å². The minimum absolute atomic E-state index is 0.406. The van der Waals surface area contributed by atoms with E-state index in [-0.39, 0.29) is 0 Å². The minimum atomic E-state index is 0.406. The maximum absolute atomic E-state index is 5.75. The molecule has 0 atom stereocenters. The zero-order valence-electron chi connectivity index (χ0n) is 9.87. The summed E-state index contributed by atoms with van der Waals surface area (Å²) >= 11 is 6.86. The topological polar surface area (TPSA) is 48.4 Å². The van der Waals surface area contributed by atoms with Gasteiger partial charge in [-0.15, -0.1) is 0 Å². The van der Waals surface area contributed by atoms with Crippen LogP contribution in [0.25, 0.3) is 0 Å². The SMILES string of the molecule is Cc1oc(CN)cc1COc1ccc(Br)cc1Br. The summed E-state index contributed by atoms with van der Waals surface area (Å²) in [6.07, 6.45) is 0. The number of aryl methyl sites for hydroxylation is 1. The summed E-state index contributed by atoms with van der Waals surface area (Å²) in [5.41, 5.74) is 6.55. The first-order chi connectivity index (χ1) is 8.60. The molecular formula is C13H13Br2NO2. The van der Waals surface area contributed by atoms with Crippen molar-refractivity contribution in [2.45, 2.75) is 20.1 Å². The molecule has 96 valence electrons. The van der Waals surface area contributed by atoms with E-state index in [0.717, 1.165) is 31.8 Å². The van der Waals surface area contributed by atoms with Crippen molar-refractivity contribution >= 4 is 31.9 Å². The summed E-state index contributed by atoms with van der Waals surface area (Å²) < 4.78 is 13.1. The first-order valence-corrected chi connectivity index (χ1v) is 7.05. The molecular weight excluding hydrogens is 362 g/mol. The van der Waals surface area contributed by atoms with Gasteiger partial charge in [0.05, 0.1) is 11.0 Å². The van der Waals surface area contributed by atoms with Gasteiger partial charge in [0.2, 0.25) is 0 Å². The Morgan fingerprint density at radius 3 is 2.67 bits per heavy atom. The van der Waals surface area contributed by atoms with Gasteiger partial charge in [0.1, 0.15) is 23.9 Å². The molecule has 2 N–H and O–H groups in total. The van der Waals surface area contributed by atoms with Crippen molar-refractivity contribution in [3.63, 3.8) is 0 Å².